The largest absolute Gasteiger partial charge is 0.351 e. The summed E-state index contributed by atoms with van der Waals surface area (Å²) in [7, 11) is 0. The molecule has 0 aliphatic carbocycles. The predicted octanol–water partition coefficient (Wildman–Crippen LogP) is 2.27. The molecule has 0 saturated carbocycles. The van der Waals surface area contributed by atoms with Gasteiger partial charge in [0.1, 0.15) is 0 Å². The van der Waals surface area contributed by atoms with Gasteiger partial charge < -0.3 is 15.2 Å². The third-order valence-corrected chi connectivity index (χ3v) is 4.55. The van der Waals surface area contributed by atoms with Crippen molar-refractivity contribution in [1.29, 1.82) is 0 Å². The summed E-state index contributed by atoms with van der Waals surface area (Å²) >= 11 is 1.82. The van der Waals surface area contributed by atoms with Crippen molar-refractivity contribution in [3.63, 3.8) is 0 Å². The number of hydrogen-bond acceptors (Lipinski definition) is 3. The van der Waals surface area contributed by atoms with Crippen molar-refractivity contribution in [2.75, 3.05) is 18.8 Å². The number of hydrogen-bond donors (Lipinski definition) is 2. The zero-order valence-electron chi connectivity index (χ0n) is 11.7. The SMILES string of the molecule is O=C(NCCc1c[nH]cn1)N1CCSc2ccccc2C1. The number of amides is 2. The van der Waals surface area contributed by atoms with Crippen LogP contribution in [-0.2, 0) is 13.0 Å². The zero-order valence-corrected chi connectivity index (χ0v) is 12.5. The monoisotopic (exact) mass is 302 g/mol. The molecule has 0 fully saturated rings. The first-order valence-corrected chi connectivity index (χ1v) is 8.02. The first-order chi connectivity index (χ1) is 10.3. The molecule has 0 unspecified atom stereocenters. The van der Waals surface area contributed by atoms with Crippen molar-refractivity contribution >= 4 is 17.8 Å². The molecule has 2 N–H and O–H groups in total. The Morgan fingerprint density at radius 2 is 2.33 bits per heavy atom. The number of rotatable bonds is 3. The molecule has 1 aromatic carbocycles. The molecule has 2 heterocycles. The highest BCUT2D eigenvalue weighted by Gasteiger charge is 2.18. The molecule has 110 valence electrons. The third kappa shape index (κ3) is 3.58. The van der Waals surface area contributed by atoms with Crippen molar-refractivity contribution in [3.05, 3.63) is 48.0 Å². The van der Waals surface area contributed by atoms with Crippen molar-refractivity contribution in [2.24, 2.45) is 0 Å². The summed E-state index contributed by atoms with van der Waals surface area (Å²) in [6.07, 6.45) is 4.25. The molecule has 1 aliphatic rings. The minimum atomic E-state index is 0.00263. The molecule has 2 aromatic rings. The van der Waals surface area contributed by atoms with E-state index in [0.29, 0.717) is 13.1 Å². The highest BCUT2D eigenvalue weighted by molar-refractivity contribution is 7.99. The van der Waals surface area contributed by atoms with Crippen LogP contribution in [0.5, 0.6) is 0 Å². The fraction of sp³-hybridized carbons (Fsp3) is 0.333. The molecule has 0 bridgehead atoms. The number of aromatic nitrogens is 2. The van der Waals surface area contributed by atoms with Crippen LogP contribution in [0.15, 0.2) is 41.7 Å². The van der Waals surface area contributed by atoms with Gasteiger partial charge in [-0.2, -0.15) is 0 Å². The standard InChI is InChI=1S/C15H18N4OS/c20-15(17-6-5-13-9-16-11-18-13)19-7-8-21-14-4-2-1-3-12(14)10-19/h1-4,9,11H,5-8,10H2,(H,16,18)(H,17,20). The minimum Gasteiger partial charge on any atom is -0.351 e. The lowest BCUT2D eigenvalue weighted by molar-refractivity contribution is 0.199. The number of urea groups is 1. The maximum absolute atomic E-state index is 12.3. The summed E-state index contributed by atoms with van der Waals surface area (Å²) in [4.78, 5) is 22.5. The van der Waals surface area contributed by atoms with Crippen LogP contribution in [-0.4, -0.2) is 39.7 Å². The Bertz CT molecular complexity index is 599. The van der Waals surface area contributed by atoms with Gasteiger partial charge >= 0.3 is 6.03 Å². The quantitative estimate of drug-likeness (QED) is 0.914. The maximum atomic E-state index is 12.3. The highest BCUT2D eigenvalue weighted by Crippen LogP contribution is 2.26. The van der Waals surface area contributed by atoms with Crippen LogP contribution >= 0.6 is 11.8 Å². The first-order valence-electron chi connectivity index (χ1n) is 7.04. The van der Waals surface area contributed by atoms with Crippen LogP contribution in [0, 0.1) is 0 Å². The van der Waals surface area contributed by atoms with Gasteiger partial charge in [-0.3, -0.25) is 0 Å². The van der Waals surface area contributed by atoms with Crippen LogP contribution in [0.2, 0.25) is 0 Å². The molecule has 6 heteroatoms. The number of aromatic amines is 1. The van der Waals surface area contributed by atoms with Crippen molar-refractivity contribution in [2.45, 2.75) is 17.9 Å². The normalized spacial score (nSPS) is 14.4. The van der Waals surface area contributed by atoms with Gasteiger partial charge in [0.05, 0.1) is 12.0 Å². The number of H-pyrrole nitrogens is 1. The molecular weight excluding hydrogens is 284 g/mol. The molecular formula is C15H18N4OS. The topological polar surface area (TPSA) is 61.0 Å². The van der Waals surface area contributed by atoms with Crippen molar-refractivity contribution < 1.29 is 4.79 Å². The van der Waals surface area contributed by atoms with Gasteiger partial charge in [-0.15, -0.1) is 11.8 Å². The molecule has 0 radical (unpaired) electrons. The van der Waals surface area contributed by atoms with E-state index in [-0.39, 0.29) is 6.03 Å². The van der Waals surface area contributed by atoms with E-state index < -0.39 is 0 Å². The Hall–Kier alpha value is -1.95. The number of nitrogens with zero attached hydrogens (tertiary/aromatic N) is 2. The molecule has 21 heavy (non-hydrogen) atoms. The van der Waals surface area contributed by atoms with Gasteiger partial charge in [0.15, 0.2) is 0 Å². The van der Waals surface area contributed by atoms with Gasteiger partial charge in [0, 0.05) is 42.9 Å². The number of fused-ring (bicyclic) bond motifs is 1. The molecule has 1 aromatic heterocycles. The average Bonchev–Trinajstić information content (AvgIpc) is 2.91. The molecule has 3 rings (SSSR count). The summed E-state index contributed by atoms with van der Waals surface area (Å²) in [6, 6.07) is 8.29. The smallest absolute Gasteiger partial charge is 0.317 e. The van der Waals surface area contributed by atoms with Gasteiger partial charge in [-0.05, 0) is 11.6 Å². The van der Waals surface area contributed by atoms with Crippen LogP contribution in [0.4, 0.5) is 4.79 Å². The lowest BCUT2D eigenvalue weighted by atomic mass is 10.2. The Labute approximate surface area is 128 Å². The first kappa shape index (κ1) is 14.0. The molecule has 0 spiro atoms. The number of thioether (sulfide) groups is 1. The number of nitrogens with one attached hydrogen (secondary N) is 2. The van der Waals surface area contributed by atoms with Crippen LogP contribution in [0.1, 0.15) is 11.3 Å². The molecule has 0 atom stereocenters. The van der Waals surface area contributed by atoms with E-state index in [1.807, 2.05) is 35.0 Å². The number of carbonyl (C=O) groups excluding carboxylic acids is 1. The van der Waals surface area contributed by atoms with Crippen molar-refractivity contribution in [1.82, 2.24) is 20.2 Å². The van der Waals surface area contributed by atoms with E-state index in [1.54, 1.807) is 6.33 Å². The summed E-state index contributed by atoms with van der Waals surface area (Å²) in [5.74, 6) is 0.934. The molecule has 0 saturated heterocycles. The predicted molar refractivity (Wildman–Crippen MR) is 83.3 cm³/mol. The van der Waals surface area contributed by atoms with Crippen LogP contribution in [0.3, 0.4) is 0 Å². The Morgan fingerprint density at radius 1 is 1.43 bits per heavy atom. The number of carbonyl (C=O) groups is 1. The van der Waals surface area contributed by atoms with Gasteiger partial charge in [0.25, 0.3) is 0 Å². The Kier molecular flexibility index (Phi) is 4.45. The van der Waals surface area contributed by atoms with Gasteiger partial charge in [-0.1, -0.05) is 18.2 Å². The molecule has 2 amide bonds. The van der Waals surface area contributed by atoms with E-state index >= 15 is 0 Å². The second kappa shape index (κ2) is 6.67. The van der Waals surface area contributed by atoms with Gasteiger partial charge in [0.2, 0.25) is 0 Å². The minimum absolute atomic E-state index is 0.00263. The summed E-state index contributed by atoms with van der Waals surface area (Å²) in [6.45, 7) is 2.06. The summed E-state index contributed by atoms with van der Waals surface area (Å²) in [5.41, 5.74) is 2.19. The lowest BCUT2D eigenvalue weighted by Gasteiger charge is -2.21. The van der Waals surface area contributed by atoms with Crippen LogP contribution < -0.4 is 5.32 Å². The lowest BCUT2D eigenvalue weighted by Crippen LogP contribution is -2.41. The second-order valence-electron chi connectivity index (χ2n) is 4.92. The van der Waals surface area contributed by atoms with Crippen LogP contribution in [0.25, 0.3) is 0 Å². The fourth-order valence-corrected chi connectivity index (χ4v) is 3.36. The van der Waals surface area contributed by atoms with E-state index in [0.717, 1.165) is 24.4 Å². The van der Waals surface area contributed by atoms with E-state index in [1.165, 1.54) is 10.5 Å². The fourth-order valence-electron chi connectivity index (χ4n) is 2.34. The molecule has 1 aliphatic heterocycles. The average molecular weight is 302 g/mol. The van der Waals surface area contributed by atoms with E-state index in [4.69, 9.17) is 0 Å². The number of benzene rings is 1. The van der Waals surface area contributed by atoms with E-state index in [2.05, 4.69) is 27.4 Å². The maximum Gasteiger partial charge on any atom is 0.317 e. The Balaban J connectivity index is 1.55. The molecule has 5 nitrogen and oxygen atoms in total. The van der Waals surface area contributed by atoms with Gasteiger partial charge in [-0.25, -0.2) is 9.78 Å². The van der Waals surface area contributed by atoms with E-state index in [9.17, 15) is 4.79 Å². The van der Waals surface area contributed by atoms with Crippen molar-refractivity contribution in [3.8, 4) is 0 Å². The number of imidazole rings is 1. The summed E-state index contributed by atoms with van der Waals surface area (Å²) < 4.78 is 0. The Morgan fingerprint density at radius 3 is 3.19 bits per heavy atom. The second-order valence-corrected chi connectivity index (χ2v) is 6.06. The highest BCUT2D eigenvalue weighted by atomic mass is 32.2. The third-order valence-electron chi connectivity index (χ3n) is 3.45. The zero-order chi connectivity index (χ0) is 14.5. The summed E-state index contributed by atoms with van der Waals surface area (Å²) in [5, 5.41) is 2.97.